The molecule has 0 spiro atoms. The van der Waals surface area contributed by atoms with Crippen molar-refractivity contribution in [1.29, 1.82) is 0 Å². The molecule has 0 aliphatic rings. The van der Waals surface area contributed by atoms with E-state index in [1.54, 1.807) is 0 Å². The Labute approximate surface area is 170 Å². The number of halogens is 1. The fourth-order valence-electron chi connectivity index (χ4n) is 2.81. The molecule has 0 radical (unpaired) electrons. The first kappa shape index (κ1) is 20.3. The van der Waals surface area contributed by atoms with Crippen LogP contribution in [0, 0.1) is 6.92 Å². The van der Waals surface area contributed by atoms with E-state index in [0.29, 0.717) is 5.49 Å². The molecule has 25 heavy (non-hydrogen) atoms. The predicted molar refractivity (Wildman–Crippen MR) is 107 cm³/mol. The minimum absolute atomic E-state index is 0. The zero-order valence-corrected chi connectivity index (χ0v) is 18.3. The van der Waals surface area contributed by atoms with Gasteiger partial charge in [-0.1, -0.05) is 54.1 Å². The van der Waals surface area contributed by atoms with Gasteiger partial charge in [-0.25, -0.2) is 0 Å². The van der Waals surface area contributed by atoms with Crippen LogP contribution in [-0.4, -0.2) is 16.4 Å². The second-order valence-corrected chi connectivity index (χ2v) is 11.8. The molecule has 0 fully saturated rings. The monoisotopic (exact) mass is 480 g/mol. The maximum absolute atomic E-state index is 13.1. The van der Waals surface area contributed by atoms with Crippen molar-refractivity contribution >= 4 is 28.7 Å². The second-order valence-electron chi connectivity index (χ2n) is 6.15. The molecule has 3 aromatic carbocycles. The van der Waals surface area contributed by atoms with Crippen molar-refractivity contribution in [1.82, 2.24) is 0 Å². The zero-order chi connectivity index (χ0) is 17.0. The lowest BCUT2D eigenvalue weighted by Gasteiger charge is -2.22. The molecule has 0 aliphatic carbocycles. The molecule has 0 N–H and O–H groups in total. The van der Waals surface area contributed by atoms with Gasteiger partial charge in [0.2, 0.25) is 0 Å². The van der Waals surface area contributed by atoms with Gasteiger partial charge >= 0.3 is 0 Å². The Kier molecular flexibility index (Phi) is 7.36. The van der Waals surface area contributed by atoms with E-state index in [-0.39, 0.29) is 24.0 Å². The molecule has 0 saturated carbocycles. The Morgan fingerprint density at radius 3 is 1.64 bits per heavy atom. The first-order chi connectivity index (χ1) is 11.6. The van der Waals surface area contributed by atoms with E-state index in [9.17, 15) is 4.21 Å². The molecule has 0 bridgehead atoms. The number of rotatable bonds is 5. The highest BCUT2D eigenvalue weighted by molar-refractivity contribution is 8.03. The number of aryl methyl sites for hydroxylation is 1. The Balaban J connectivity index is 0.00000225. The summed E-state index contributed by atoms with van der Waals surface area (Å²) >= 11 is 0. The highest BCUT2D eigenvalue weighted by atomic mass is 127. The van der Waals surface area contributed by atoms with Gasteiger partial charge in [-0.3, -0.25) is 4.21 Å². The van der Waals surface area contributed by atoms with Crippen molar-refractivity contribution < 1.29 is 28.2 Å². The average molecular weight is 480 g/mol. The molecule has 0 heterocycles. The van der Waals surface area contributed by atoms with Gasteiger partial charge in [0.1, 0.15) is 5.49 Å². The van der Waals surface area contributed by atoms with Gasteiger partial charge in [0, 0.05) is 4.90 Å². The van der Waals surface area contributed by atoms with Crippen molar-refractivity contribution in [2.75, 3.05) is 12.2 Å². The van der Waals surface area contributed by atoms with Gasteiger partial charge in [0.25, 0.3) is 0 Å². The largest absolute Gasteiger partial charge is 1.00 e. The molecule has 0 aliphatic heterocycles. The molecule has 3 aromatic rings. The molecule has 1 atom stereocenters. The van der Waals surface area contributed by atoms with Gasteiger partial charge in [-0.05, 0) is 43.3 Å². The predicted octanol–water partition coefficient (Wildman–Crippen LogP) is 1.36. The van der Waals surface area contributed by atoms with E-state index in [1.807, 2.05) is 36.4 Å². The summed E-state index contributed by atoms with van der Waals surface area (Å²) in [6, 6.07) is 29.1. The average Bonchev–Trinajstić information content (AvgIpc) is 2.63. The molecule has 1 nitrogen and oxygen atoms in total. The molecular formula is C21H22IOPS. The highest BCUT2D eigenvalue weighted by Crippen LogP contribution is 2.53. The number of benzene rings is 3. The molecule has 0 aromatic heterocycles. The molecule has 130 valence electrons. The SMILES string of the molecule is Cc1ccc(S(=O)C[P+](C)(c2ccccc2)c2ccccc2)cc1.[I-]. The number of hydrogen-bond acceptors (Lipinski definition) is 1. The van der Waals surface area contributed by atoms with Crippen molar-refractivity contribution in [3.63, 3.8) is 0 Å². The summed E-state index contributed by atoms with van der Waals surface area (Å²) in [4.78, 5) is 0.915. The third-order valence-corrected chi connectivity index (χ3v) is 11.0. The molecule has 4 heteroatoms. The van der Waals surface area contributed by atoms with E-state index >= 15 is 0 Å². The van der Waals surface area contributed by atoms with Gasteiger partial charge in [0.15, 0.2) is 0 Å². The fourth-order valence-corrected chi connectivity index (χ4v) is 8.87. The zero-order valence-electron chi connectivity index (χ0n) is 14.4. The lowest BCUT2D eigenvalue weighted by Crippen LogP contribution is -3.00. The Morgan fingerprint density at radius 2 is 1.20 bits per heavy atom. The van der Waals surface area contributed by atoms with Crippen molar-refractivity contribution in [2.24, 2.45) is 0 Å². The summed E-state index contributed by atoms with van der Waals surface area (Å²) in [6.45, 7) is 4.35. The first-order valence-electron chi connectivity index (χ1n) is 8.01. The Hall–Kier alpha value is -1.03. The molecule has 0 saturated heterocycles. The minimum Gasteiger partial charge on any atom is -1.00 e. The minimum atomic E-state index is -1.71. The van der Waals surface area contributed by atoms with E-state index in [0.717, 1.165) is 4.90 Å². The third kappa shape index (κ3) is 4.78. The standard InChI is InChI=1S/C21H22OPS.HI/c1-18-13-15-21(16-14-18)24(22)17-23(2,19-9-5-3-6-10-19)20-11-7-4-8-12-20;/h3-16H,17H2,1-2H3;1H/q+1;/p-1. The summed E-state index contributed by atoms with van der Waals surface area (Å²) in [5.41, 5.74) is 1.86. The van der Waals surface area contributed by atoms with Crippen LogP contribution >= 0.6 is 7.26 Å². The maximum Gasteiger partial charge on any atom is 0.147 e. The van der Waals surface area contributed by atoms with E-state index in [2.05, 4.69) is 62.1 Å². The summed E-state index contributed by atoms with van der Waals surface area (Å²) in [5, 5.41) is 2.60. The van der Waals surface area contributed by atoms with Crippen LogP contribution in [0.25, 0.3) is 0 Å². The third-order valence-electron chi connectivity index (χ3n) is 4.31. The second kappa shape index (κ2) is 9.07. The van der Waals surface area contributed by atoms with Crippen LogP contribution in [0.3, 0.4) is 0 Å². The Bertz CT molecular complexity index is 780. The van der Waals surface area contributed by atoms with E-state index < -0.39 is 18.1 Å². The smallest absolute Gasteiger partial charge is 0.147 e. The van der Waals surface area contributed by atoms with E-state index in [4.69, 9.17) is 0 Å². The summed E-state index contributed by atoms with van der Waals surface area (Å²) < 4.78 is 13.1. The van der Waals surface area contributed by atoms with Crippen molar-refractivity contribution in [3.8, 4) is 0 Å². The number of hydrogen-bond donors (Lipinski definition) is 0. The van der Waals surface area contributed by atoms with Crippen molar-refractivity contribution in [2.45, 2.75) is 11.8 Å². The van der Waals surface area contributed by atoms with Crippen molar-refractivity contribution in [3.05, 3.63) is 90.5 Å². The quantitative estimate of drug-likeness (QED) is 0.399. The topological polar surface area (TPSA) is 17.1 Å². The normalized spacial score (nSPS) is 12.2. The summed E-state index contributed by atoms with van der Waals surface area (Å²) in [7, 11) is -2.72. The lowest BCUT2D eigenvalue weighted by atomic mass is 10.2. The van der Waals surface area contributed by atoms with Crippen LogP contribution in [0.4, 0.5) is 0 Å². The first-order valence-corrected chi connectivity index (χ1v) is 11.8. The van der Waals surface area contributed by atoms with Gasteiger partial charge < -0.3 is 24.0 Å². The molecular weight excluding hydrogens is 458 g/mol. The maximum atomic E-state index is 13.1. The van der Waals surface area contributed by atoms with Crippen LogP contribution in [-0.2, 0) is 10.8 Å². The van der Waals surface area contributed by atoms with Crippen LogP contribution in [0.5, 0.6) is 0 Å². The van der Waals surface area contributed by atoms with Crippen LogP contribution in [0.2, 0.25) is 0 Å². The molecule has 3 rings (SSSR count). The van der Waals surface area contributed by atoms with Crippen LogP contribution in [0.1, 0.15) is 5.56 Å². The van der Waals surface area contributed by atoms with Gasteiger partial charge in [-0.15, -0.1) is 0 Å². The summed E-state index contributed by atoms with van der Waals surface area (Å²) in [6.07, 6.45) is 0. The highest BCUT2D eigenvalue weighted by Gasteiger charge is 2.39. The molecule has 1 unspecified atom stereocenters. The van der Waals surface area contributed by atoms with Gasteiger partial charge in [0.05, 0.1) is 35.3 Å². The van der Waals surface area contributed by atoms with Gasteiger partial charge in [-0.2, -0.15) is 0 Å². The Morgan fingerprint density at radius 1 is 0.760 bits per heavy atom. The van der Waals surface area contributed by atoms with Crippen LogP contribution < -0.4 is 34.6 Å². The summed E-state index contributed by atoms with van der Waals surface area (Å²) in [5.74, 6) is 0. The lowest BCUT2D eigenvalue weighted by molar-refractivity contribution is -0.00000594. The van der Waals surface area contributed by atoms with E-state index in [1.165, 1.54) is 16.2 Å². The molecule has 0 amide bonds. The fraction of sp³-hybridized carbons (Fsp3) is 0.143. The van der Waals surface area contributed by atoms with Crippen LogP contribution in [0.15, 0.2) is 89.8 Å².